The lowest BCUT2D eigenvalue weighted by Crippen LogP contribution is -2.14. The Bertz CT molecular complexity index is 536. The van der Waals surface area contributed by atoms with Gasteiger partial charge in [-0.1, -0.05) is 35.9 Å². The molecule has 0 fully saturated rings. The van der Waals surface area contributed by atoms with Gasteiger partial charge >= 0.3 is 0 Å². The van der Waals surface area contributed by atoms with Crippen LogP contribution in [0.3, 0.4) is 0 Å². The minimum atomic E-state index is -0.184. The molecule has 0 saturated heterocycles. The second-order valence-corrected chi connectivity index (χ2v) is 4.53. The van der Waals surface area contributed by atoms with E-state index in [4.69, 9.17) is 0 Å². The zero-order valence-electron chi connectivity index (χ0n) is 8.96. The molecule has 0 radical (unpaired) electrons. The summed E-state index contributed by atoms with van der Waals surface area (Å²) in [6.45, 7) is 2.63. The molecule has 0 heterocycles. The van der Waals surface area contributed by atoms with Crippen LogP contribution >= 0.6 is 15.9 Å². The van der Waals surface area contributed by atoms with Gasteiger partial charge < -0.3 is 5.32 Å². The minimum Gasteiger partial charge on any atom is -0.343 e. The molecule has 3 heteroatoms. The molecule has 0 spiro atoms. The molecule has 1 amide bonds. The minimum absolute atomic E-state index is 0.184. The lowest BCUT2D eigenvalue weighted by molar-refractivity contribution is 0.261. The molecule has 0 aliphatic heterocycles. The number of halogens is 1. The van der Waals surface area contributed by atoms with Crippen molar-refractivity contribution < 1.29 is 4.79 Å². The number of hydrogen-bond acceptors (Lipinski definition) is 1. The summed E-state index contributed by atoms with van der Waals surface area (Å²) in [5.74, 6) is 0. The van der Waals surface area contributed by atoms with Crippen molar-refractivity contribution in [3.8, 4) is 0 Å². The molecular weight excluding hydrogens is 266 g/mol. The van der Waals surface area contributed by atoms with E-state index in [0.717, 1.165) is 5.56 Å². The standard InChI is InChI=1S/C13H12BrNO/c1-9-2-4-12-7-10(8-15-13(14)16)3-5-11(12)6-9/h2-7H,8H2,1H3,(H,15,16). The van der Waals surface area contributed by atoms with Crippen molar-refractivity contribution in [2.24, 2.45) is 0 Å². The number of amides is 1. The Labute approximate surface area is 103 Å². The van der Waals surface area contributed by atoms with Crippen LogP contribution < -0.4 is 5.32 Å². The fourth-order valence-corrected chi connectivity index (χ4v) is 1.84. The van der Waals surface area contributed by atoms with E-state index in [1.165, 1.54) is 16.3 Å². The van der Waals surface area contributed by atoms with Gasteiger partial charge in [0.25, 0.3) is 4.82 Å². The number of fused-ring (bicyclic) bond motifs is 1. The van der Waals surface area contributed by atoms with Crippen molar-refractivity contribution in [3.63, 3.8) is 0 Å². The van der Waals surface area contributed by atoms with Crippen molar-refractivity contribution in [2.45, 2.75) is 13.5 Å². The first-order chi connectivity index (χ1) is 7.65. The Kier molecular flexibility index (Phi) is 3.25. The average molecular weight is 278 g/mol. The van der Waals surface area contributed by atoms with Gasteiger partial charge in [-0.2, -0.15) is 0 Å². The smallest absolute Gasteiger partial charge is 0.287 e. The van der Waals surface area contributed by atoms with Crippen LogP contribution in [0, 0.1) is 6.92 Å². The third kappa shape index (κ3) is 2.61. The summed E-state index contributed by atoms with van der Waals surface area (Å²) in [5.41, 5.74) is 2.36. The van der Waals surface area contributed by atoms with Gasteiger partial charge in [0.1, 0.15) is 0 Å². The van der Waals surface area contributed by atoms with Gasteiger partial charge in [-0.15, -0.1) is 0 Å². The van der Waals surface area contributed by atoms with Crippen LogP contribution in [-0.4, -0.2) is 4.82 Å². The number of nitrogens with one attached hydrogen (secondary N) is 1. The van der Waals surface area contributed by atoms with Gasteiger partial charge in [0.2, 0.25) is 0 Å². The Morgan fingerprint density at radius 1 is 1.19 bits per heavy atom. The highest BCUT2D eigenvalue weighted by Gasteiger charge is 1.98. The molecule has 16 heavy (non-hydrogen) atoms. The predicted molar refractivity (Wildman–Crippen MR) is 69.8 cm³/mol. The average Bonchev–Trinajstić information content (AvgIpc) is 2.26. The molecular formula is C13H12BrNO. The van der Waals surface area contributed by atoms with Gasteiger partial charge in [-0.05, 0) is 29.3 Å². The first-order valence-electron chi connectivity index (χ1n) is 5.08. The Morgan fingerprint density at radius 3 is 2.62 bits per heavy atom. The maximum Gasteiger partial charge on any atom is 0.287 e. The van der Waals surface area contributed by atoms with Gasteiger partial charge in [-0.25, -0.2) is 0 Å². The van der Waals surface area contributed by atoms with Crippen LogP contribution in [0.5, 0.6) is 0 Å². The number of carbonyl (C=O) groups is 1. The summed E-state index contributed by atoms with van der Waals surface area (Å²) in [5, 5.41) is 5.15. The molecule has 2 rings (SSSR count). The Balaban J connectivity index is 2.30. The van der Waals surface area contributed by atoms with Crippen LogP contribution in [0.1, 0.15) is 11.1 Å². The number of carbonyl (C=O) groups excluding carboxylic acids is 1. The van der Waals surface area contributed by atoms with Crippen molar-refractivity contribution in [3.05, 3.63) is 47.5 Å². The van der Waals surface area contributed by atoms with E-state index in [9.17, 15) is 4.79 Å². The summed E-state index contributed by atoms with van der Waals surface area (Å²) >= 11 is 2.84. The Morgan fingerprint density at radius 2 is 1.88 bits per heavy atom. The summed E-state index contributed by atoms with van der Waals surface area (Å²) in [7, 11) is 0. The van der Waals surface area contributed by atoms with Gasteiger partial charge in [0.05, 0.1) is 0 Å². The van der Waals surface area contributed by atoms with Crippen molar-refractivity contribution in [1.29, 1.82) is 0 Å². The van der Waals surface area contributed by atoms with Crippen LogP contribution in [0.15, 0.2) is 36.4 Å². The maximum absolute atomic E-state index is 10.7. The highest BCUT2D eigenvalue weighted by molar-refractivity contribution is 9.18. The molecule has 0 atom stereocenters. The van der Waals surface area contributed by atoms with Gasteiger partial charge in [-0.3, -0.25) is 4.79 Å². The molecule has 0 bridgehead atoms. The fraction of sp³-hybridized carbons (Fsp3) is 0.154. The molecule has 2 aromatic carbocycles. The molecule has 0 aliphatic carbocycles. The predicted octanol–water partition coefficient (Wildman–Crippen LogP) is 3.75. The summed E-state index contributed by atoms with van der Waals surface area (Å²) in [6, 6.07) is 12.6. The zero-order chi connectivity index (χ0) is 11.5. The van der Waals surface area contributed by atoms with E-state index in [0.29, 0.717) is 6.54 Å². The lowest BCUT2D eigenvalue weighted by atomic mass is 10.0. The summed E-state index contributed by atoms with van der Waals surface area (Å²) in [6.07, 6.45) is 0. The second-order valence-electron chi connectivity index (χ2n) is 3.81. The van der Waals surface area contributed by atoms with E-state index >= 15 is 0 Å². The molecule has 0 aromatic heterocycles. The molecule has 0 saturated carbocycles. The SMILES string of the molecule is Cc1ccc2cc(CNC(=O)Br)ccc2c1. The Hall–Kier alpha value is -1.35. The fourth-order valence-electron chi connectivity index (χ4n) is 1.70. The van der Waals surface area contributed by atoms with E-state index in [2.05, 4.69) is 58.5 Å². The van der Waals surface area contributed by atoms with Crippen molar-refractivity contribution in [2.75, 3.05) is 0 Å². The first-order valence-corrected chi connectivity index (χ1v) is 5.87. The molecule has 0 unspecified atom stereocenters. The number of aryl methyl sites for hydroxylation is 1. The third-order valence-corrected chi connectivity index (χ3v) is 2.77. The zero-order valence-corrected chi connectivity index (χ0v) is 10.5. The number of rotatable bonds is 2. The second kappa shape index (κ2) is 4.66. The largest absolute Gasteiger partial charge is 0.343 e. The highest BCUT2D eigenvalue weighted by Crippen LogP contribution is 2.17. The van der Waals surface area contributed by atoms with Crippen LogP contribution in [0.25, 0.3) is 10.8 Å². The summed E-state index contributed by atoms with van der Waals surface area (Å²) < 4.78 is 0. The van der Waals surface area contributed by atoms with Crippen LogP contribution in [0.4, 0.5) is 4.79 Å². The normalized spacial score (nSPS) is 10.4. The molecule has 0 aliphatic rings. The topological polar surface area (TPSA) is 29.1 Å². The molecule has 82 valence electrons. The van der Waals surface area contributed by atoms with Crippen LogP contribution in [-0.2, 0) is 6.54 Å². The monoisotopic (exact) mass is 277 g/mol. The van der Waals surface area contributed by atoms with E-state index in [1.54, 1.807) is 0 Å². The number of hydrogen-bond donors (Lipinski definition) is 1. The van der Waals surface area contributed by atoms with Gasteiger partial charge in [0.15, 0.2) is 0 Å². The van der Waals surface area contributed by atoms with Crippen LogP contribution in [0.2, 0.25) is 0 Å². The van der Waals surface area contributed by atoms with Crippen molar-refractivity contribution >= 4 is 31.5 Å². The highest BCUT2D eigenvalue weighted by atomic mass is 79.9. The lowest BCUT2D eigenvalue weighted by Gasteiger charge is -2.04. The van der Waals surface area contributed by atoms with Crippen molar-refractivity contribution in [1.82, 2.24) is 5.32 Å². The molecule has 1 N–H and O–H groups in total. The third-order valence-electron chi connectivity index (χ3n) is 2.49. The summed E-state index contributed by atoms with van der Waals surface area (Å²) in [4.78, 5) is 10.5. The molecule has 2 aromatic rings. The first kappa shape index (κ1) is 11.1. The maximum atomic E-state index is 10.7. The van der Waals surface area contributed by atoms with E-state index in [-0.39, 0.29) is 4.82 Å². The number of benzene rings is 2. The van der Waals surface area contributed by atoms with E-state index < -0.39 is 0 Å². The van der Waals surface area contributed by atoms with Gasteiger partial charge in [0, 0.05) is 22.5 Å². The quantitative estimate of drug-likeness (QED) is 0.657. The van der Waals surface area contributed by atoms with E-state index in [1.807, 2.05) is 6.07 Å². The molecule has 2 nitrogen and oxygen atoms in total.